The van der Waals surface area contributed by atoms with Gasteiger partial charge in [-0.2, -0.15) is 0 Å². The van der Waals surface area contributed by atoms with Gasteiger partial charge in [-0.15, -0.1) is 11.3 Å². The average Bonchev–Trinajstić information content (AvgIpc) is 3.43. The second kappa shape index (κ2) is 8.80. The van der Waals surface area contributed by atoms with Crippen LogP contribution in [0.25, 0.3) is 10.6 Å². The minimum atomic E-state index is -0.0141. The number of rotatable bonds is 6. The quantitative estimate of drug-likeness (QED) is 0.615. The van der Waals surface area contributed by atoms with Crippen molar-refractivity contribution in [3.63, 3.8) is 0 Å². The summed E-state index contributed by atoms with van der Waals surface area (Å²) in [5, 5.41) is 3.13. The summed E-state index contributed by atoms with van der Waals surface area (Å²) >= 11 is 1.66. The number of methoxy groups -OCH3 is 1. The molecule has 6 nitrogen and oxygen atoms in total. The van der Waals surface area contributed by atoms with Crippen LogP contribution in [-0.2, 0) is 13.0 Å². The van der Waals surface area contributed by atoms with Crippen LogP contribution in [0.5, 0.6) is 5.75 Å². The van der Waals surface area contributed by atoms with Crippen molar-refractivity contribution < 1.29 is 13.9 Å². The van der Waals surface area contributed by atoms with E-state index in [2.05, 4.69) is 10.3 Å². The van der Waals surface area contributed by atoms with Crippen LogP contribution in [0.15, 0.2) is 46.2 Å². The lowest BCUT2D eigenvalue weighted by Gasteiger charge is -2.33. The second-order valence-corrected chi connectivity index (χ2v) is 7.92. The zero-order valence-corrected chi connectivity index (χ0v) is 17.6. The van der Waals surface area contributed by atoms with Crippen molar-refractivity contribution in [2.75, 3.05) is 33.3 Å². The largest absolute Gasteiger partial charge is 0.497 e. The lowest BCUT2D eigenvalue weighted by Crippen LogP contribution is -2.48. The third-order valence-electron chi connectivity index (χ3n) is 5.15. The van der Waals surface area contributed by atoms with Crippen LogP contribution in [0, 0.1) is 0 Å². The number of carbonyl (C=O) groups is 1. The predicted octanol–water partition coefficient (Wildman–Crippen LogP) is 3.93. The Balaban J connectivity index is 1.31. The zero-order valence-electron chi connectivity index (χ0n) is 16.8. The van der Waals surface area contributed by atoms with Gasteiger partial charge in [0.1, 0.15) is 16.5 Å². The van der Waals surface area contributed by atoms with E-state index >= 15 is 0 Å². The third kappa shape index (κ3) is 4.52. The first-order valence-corrected chi connectivity index (χ1v) is 10.7. The van der Waals surface area contributed by atoms with Gasteiger partial charge < -0.3 is 14.1 Å². The molecule has 4 rings (SSSR count). The number of benzene rings is 1. The lowest BCUT2D eigenvalue weighted by molar-refractivity contribution is 0.0595. The number of aryl methyl sites for hydroxylation is 1. The predicted molar refractivity (Wildman–Crippen MR) is 113 cm³/mol. The molecule has 7 heteroatoms. The topological polar surface area (TPSA) is 58.8 Å². The highest BCUT2D eigenvalue weighted by molar-refractivity contribution is 7.13. The maximum atomic E-state index is 12.6. The lowest BCUT2D eigenvalue weighted by atomic mass is 10.2. The summed E-state index contributed by atoms with van der Waals surface area (Å²) in [6, 6.07) is 11.6. The normalized spacial score (nSPS) is 14.9. The van der Waals surface area contributed by atoms with E-state index in [0.717, 1.165) is 53.8 Å². The van der Waals surface area contributed by atoms with Crippen molar-refractivity contribution in [1.82, 2.24) is 14.8 Å². The minimum Gasteiger partial charge on any atom is -0.497 e. The number of aromatic nitrogens is 1. The summed E-state index contributed by atoms with van der Waals surface area (Å²) in [4.78, 5) is 21.6. The highest BCUT2D eigenvalue weighted by Gasteiger charge is 2.24. The van der Waals surface area contributed by atoms with Crippen molar-refractivity contribution in [3.8, 4) is 16.3 Å². The number of hydrogen-bond donors (Lipinski definition) is 0. The fourth-order valence-corrected chi connectivity index (χ4v) is 4.24. The van der Waals surface area contributed by atoms with Crippen LogP contribution >= 0.6 is 11.3 Å². The number of carbonyl (C=O) groups excluding carboxylic acids is 1. The van der Waals surface area contributed by atoms with Crippen LogP contribution in [0.4, 0.5) is 0 Å². The van der Waals surface area contributed by atoms with E-state index in [-0.39, 0.29) is 5.91 Å². The molecule has 3 heterocycles. The highest BCUT2D eigenvalue weighted by Crippen LogP contribution is 2.26. The molecule has 1 fully saturated rings. The van der Waals surface area contributed by atoms with Crippen LogP contribution in [0.1, 0.15) is 28.9 Å². The number of ether oxygens (including phenoxy) is 1. The molecule has 3 aromatic rings. The van der Waals surface area contributed by atoms with Crippen molar-refractivity contribution in [1.29, 1.82) is 0 Å². The van der Waals surface area contributed by atoms with Crippen LogP contribution in [0.2, 0.25) is 0 Å². The zero-order chi connectivity index (χ0) is 20.2. The van der Waals surface area contributed by atoms with E-state index in [9.17, 15) is 4.79 Å². The molecular weight excluding hydrogens is 386 g/mol. The first-order valence-electron chi connectivity index (χ1n) is 9.85. The third-order valence-corrected chi connectivity index (χ3v) is 6.09. The average molecular weight is 412 g/mol. The number of nitrogens with zero attached hydrogens (tertiary/aromatic N) is 3. The van der Waals surface area contributed by atoms with Gasteiger partial charge in [-0.05, 0) is 36.4 Å². The van der Waals surface area contributed by atoms with Gasteiger partial charge in [0.2, 0.25) is 0 Å². The maximum absolute atomic E-state index is 12.6. The SMILES string of the molecule is CCc1ccc(C(=O)N2CCN(Cc3csc(-c4ccc(OC)cc4)n3)CC2)o1. The Morgan fingerprint density at radius 1 is 1.14 bits per heavy atom. The number of furan rings is 1. The fraction of sp³-hybridized carbons (Fsp3) is 0.364. The monoisotopic (exact) mass is 411 g/mol. The first kappa shape index (κ1) is 19.7. The second-order valence-electron chi connectivity index (χ2n) is 7.06. The van der Waals surface area contributed by atoms with Crippen molar-refractivity contribution >= 4 is 17.2 Å². The summed E-state index contributed by atoms with van der Waals surface area (Å²) in [6.45, 7) is 5.90. The van der Waals surface area contributed by atoms with Gasteiger partial charge in [-0.1, -0.05) is 6.92 Å². The molecule has 1 saturated heterocycles. The van der Waals surface area contributed by atoms with Crippen LogP contribution < -0.4 is 4.74 Å². The molecule has 0 aliphatic carbocycles. The molecule has 1 aromatic carbocycles. The smallest absolute Gasteiger partial charge is 0.289 e. The number of piperazine rings is 1. The number of hydrogen-bond acceptors (Lipinski definition) is 6. The van der Waals surface area contributed by atoms with Crippen LogP contribution in [0.3, 0.4) is 0 Å². The van der Waals surface area contributed by atoms with Gasteiger partial charge in [-0.25, -0.2) is 4.98 Å². The van der Waals surface area contributed by atoms with Gasteiger partial charge in [0.25, 0.3) is 5.91 Å². The molecule has 0 saturated carbocycles. The number of thiazole rings is 1. The Kier molecular flexibility index (Phi) is 5.97. The van der Waals surface area contributed by atoms with Gasteiger partial charge in [0.05, 0.1) is 12.8 Å². The van der Waals surface area contributed by atoms with Crippen LogP contribution in [-0.4, -0.2) is 54.0 Å². The summed E-state index contributed by atoms with van der Waals surface area (Å²) in [5.41, 5.74) is 2.17. The van der Waals surface area contributed by atoms with Gasteiger partial charge in [-0.3, -0.25) is 9.69 Å². The molecule has 1 amide bonds. The molecule has 0 atom stereocenters. The Hall–Kier alpha value is -2.64. The van der Waals surface area contributed by atoms with E-state index in [0.29, 0.717) is 18.8 Å². The molecule has 1 aliphatic heterocycles. The first-order chi connectivity index (χ1) is 14.2. The van der Waals surface area contributed by atoms with Gasteiger partial charge in [0.15, 0.2) is 5.76 Å². The Labute approximate surface area is 174 Å². The molecule has 152 valence electrons. The van der Waals surface area contributed by atoms with E-state index in [1.54, 1.807) is 24.5 Å². The van der Waals surface area contributed by atoms with Crippen molar-refractivity contribution in [2.45, 2.75) is 19.9 Å². The molecule has 0 spiro atoms. The van der Waals surface area contributed by atoms with E-state index < -0.39 is 0 Å². The Morgan fingerprint density at radius 3 is 2.55 bits per heavy atom. The molecule has 0 bridgehead atoms. The maximum Gasteiger partial charge on any atom is 0.289 e. The molecule has 1 aliphatic rings. The van der Waals surface area contributed by atoms with Gasteiger partial charge >= 0.3 is 0 Å². The van der Waals surface area contributed by atoms with E-state index in [4.69, 9.17) is 14.1 Å². The molecule has 0 radical (unpaired) electrons. The summed E-state index contributed by atoms with van der Waals surface area (Å²) in [7, 11) is 1.67. The molecule has 0 unspecified atom stereocenters. The van der Waals surface area contributed by atoms with Crippen molar-refractivity contribution in [3.05, 3.63) is 59.0 Å². The Bertz CT molecular complexity index is 956. The molecule has 0 N–H and O–H groups in total. The molecule has 29 heavy (non-hydrogen) atoms. The highest BCUT2D eigenvalue weighted by atomic mass is 32.1. The van der Waals surface area contributed by atoms with E-state index in [1.165, 1.54) is 0 Å². The van der Waals surface area contributed by atoms with Crippen molar-refractivity contribution in [2.24, 2.45) is 0 Å². The van der Waals surface area contributed by atoms with E-state index in [1.807, 2.05) is 42.2 Å². The summed E-state index contributed by atoms with van der Waals surface area (Å²) < 4.78 is 10.8. The summed E-state index contributed by atoms with van der Waals surface area (Å²) in [6.07, 6.45) is 0.799. The standard InChI is InChI=1S/C22H25N3O3S/c1-3-18-8-9-20(28-18)22(26)25-12-10-24(11-13-25)14-17-15-29-21(23-17)16-4-6-19(27-2)7-5-16/h4-9,15H,3,10-14H2,1-2H3. The fourth-order valence-electron chi connectivity index (χ4n) is 3.42. The number of amides is 1. The molecular formula is C22H25N3O3S. The Morgan fingerprint density at radius 2 is 1.90 bits per heavy atom. The molecule has 2 aromatic heterocycles. The van der Waals surface area contributed by atoms with Gasteiger partial charge in [0, 0.05) is 50.1 Å². The minimum absolute atomic E-state index is 0.0141. The summed E-state index contributed by atoms with van der Waals surface area (Å²) in [5.74, 6) is 2.13.